The molecule has 19 heavy (non-hydrogen) atoms. The van der Waals surface area contributed by atoms with Gasteiger partial charge in [0.15, 0.2) is 9.84 Å². The number of phenolic OH excluding ortho intramolecular Hbond substituents is 1. The van der Waals surface area contributed by atoms with Gasteiger partial charge in [0.05, 0.1) is 20.8 Å². The number of hydrogen-bond donors (Lipinski definition) is 1. The molecule has 0 amide bonds. The van der Waals surface area contributed by atoms with Crippen LogP contribution in [0.15, 0.2) is 28.0 Å². The van der Waals surface area contributed by atoms with Crippen LogP contribution in [0, 0.1) is 0 Å². The summed E-state index contributed by atoms with van der Waals surface area (Å²) in [6, 6.07) is 3.86. The van der Waals surface area contributed by atoms with Gasteiger partial charge in [-0.25, -0.2) is 16.8 Å². The van der Waals surface area contributed by atoms with Crippen LogP contribution in [0.2, 0.25) is 0 Å². The van der Waals surface area contributed by atoms with Gasteiger partial charge < -0.3 is 5.11 Å². The molecule has 5 nitrogen and oxygen atoms in total. The minimum atomic E-state index is -3.76. The lowest BCUT2D eigenvalue weighted by Gasteiger charge is -2.08. The van der Waals surface area contributed by atoms with Crippen molar-refractivity contribution in [2.45, 2.75) is 24.0 Å². The van der Waals surface area contributed by atoms with Crippen LogP contribution in [0.25, 0.3) is 6.08 Å². The maximum absolute atomic E-state index is 12.2. The molecule has 0 unspecified atom stereocenters. The number of benzene rings is 1. The van der Waals surface area contributed by atoms with Gasteiger partial charge in [0.2, 0.25) is 9.84 Å². The van der Waals surface area contributed by atoms with Crippen molar-refractivity contribution in [3.05, 3.63) is 28.7 Å². The highest BCUT2D eigenvalue weighted by molar-refractivity contribution is 7.98. The molecule has 0 radical (unpaired) electrons. The highest BCUT2D eigenvalue weighted by Gasteiger charge is 2.33. The van der Waals surface area contributed by atoms with E-state index in [2.05, 4.69) is 0 Å². The summed E-state index contributed by atoms with van der Waals surface area (Å²) in [5.41, 5.74) is 0.328. The summed E-state index contributed by atoms with van der Waals surface area (Å²) in [6.07, 6.45) is 1.31. The third kappa shape index (κ3) is 2.40. The zero-order chi connectivity index (χ0) is 14.4. The predicted octanol–water partition coefficient (Wildman–Crippen LogP) is 1.34. The molecule has 0 fully saturated rings. The molecule has 0 saturated heterocycles. The van der Waals surface area contributed by atoms with Crippen molar-refractivity contribution in [1.29, 1.82) is 0 Å². The average Bonchev–Trinajstić information content (AvgIpc) is 2.49. The van der Waals surface area contributed by atoms with E-state index in [0.29, 0.717) is 5.56 Å². The zero-order valence-electron chi connectivity index (χ0n) is 10.5. The topological polar surface area (TPSA) is 88.5 Å². The highest BCUT2D eigenvalue weighted by atomic mass is 32.2. The molecule has 0 spiro atoms. The standard InChI is InChI=1S/C12H14O5S2/c1-8(2)18(14,15)7-11-6-9-5-10(13)3-4-12(9)19(11,16)17/h3-6,8,13H,7H2,1-2H3. The second-order valence-electron chi connectivity index (χ2n) is 4.69. The van der Waals surface area contributed by atoms with E-state index in [1.165, 1.54) is 38.1 Å². The Balaban J connectivity index is 2.50. The van der Waals surface area contributed by atoms with E-state index in [0.717, 1.165) is 0 Å². The molecule has 0 atom stereocenters. The molecule has 1 N–H and O–H groups in total. The van der Waals surface area contributed by atoms with Crippen LogP contribution in [0.1, 0.15) is 19.4 Å². The normalized spacial score (nSPS) is 17.3. The molecule has 7 heteroatoms. The van der Waals surface area contributed by atoms with Gasteiger partial charge >= 0.3 is 0 Å². The maximum atomic E-state index is 12.2. The lowest BCUT2D eigenvalue weighted by Crippen LogP contribution is -2.21. The number of hydrogen-bond acceptors (Lipinski definition) is 5. The second-order valence-corrected chi connectivity index (χ2v) is 9.22. The summed E-state index contributed by atoms with van der Waals surface area (Å²) < 4.78 is 48.0. The first-order valence-corrected chi connectivity index (χ1v) is 8.85. The van der Waals surface area contributed by atoms with Gasteiger partial charge in [0, 0.05) is 0 Å². The number of aromatic hydroxyl groups is 1. The molecule has 0 saturated carbocycles. The highest BCUT2D eigenvalue weighted by Crippen LogP contribution is 2.35. The Morgan fingerprint density at radius 3 is 2.47 bits per heavy atom. The first-order valence-electron chi connectivity index (χ1n) is 5.65. The lowest BCUT2D eigenvalue weighted by molar-refractivity contribution is 0.474. The number of rotatable bonds is 3. The minimum absolute atomic E-state index is 0.0410. The average molecular weight is 302 g/mol. The van der Waals surface area contributed by atoms with Gasteiger partial charge in [0.25, 0.3) is 0 Å². The van der Waals surface area contributed by atoms with Gasteiger partial charge in [-0.15, -0.1) is 0 Å². The fraction of sp³-hybridized carbons (Fsp3) is 0.333. The first kappa shape index (κ1) is 14.1. The molecule has 1 aliphatic rings. The number of fused-ring (bicyclic) bond motifs is 1. The van der Waals surface area contributed by atoms with Crippen LogP contribution in [-0.4, -0.2) is 32.9 Å². The van der Waals surface area contributed by atoms with E-state index >= 15 is 0 Å². The molecule has 1 aromatic carbocycles. The minimum Gasteiger partial charge on any atom is -0.508 e. The monoisotopic (exact) mass is 302 g/mol. The fourth-order valence-electron chi connectivity index (χ4n) is 1.77. The summed E-state index contributed by atoms with van der Waals surface area (Å²) in [4.78, 5) is -0.0962. The van der Waals surface area contributed by atoms with Crippen LogP contribution < -0.4 is 0 Å². The van der Waals surface area contributed by atoms with E-state index in [4.69, 9.17) is 0 Å². The fourth-order valence-corrected chi connectivity index (χ4v) is 4.94. The Bertz CT molecular complexity index is 755. The van der Waals surface area contributed by atoms with E-state index < -0.39 is 30.7 Å². The molecule has 0 aliphatic carbocycles. The Morgan fingerprint density at radius 2 is 1.89 bits per heavy atom. The Labute approximate surface area is 112 Å². The first-order chi connectivity index (χ1) is 8.64. The summed E-state index contributed by atoms with van der Waals surface area (Å²) in [5.74, 6) is -0.569. The van der Waals surface area contributed by atoms with Crippen molar-refractivity contribution in [2.75, 3.05) is 5.75 Å². The van der Waals surface area contributed by atoms with Crippen LogP contribution >= 0.6 is 0 Å². The SMILES string of the molecule is CC(C)S(=O)(=O)CC1=Cc2cc(O)ccc2S1(=O)=O. The van der Waals surface area contributed by atoms with Crippen LogP contribution in [0.5, 0.6) is 5.75 Å². The molecular formula is C12H14O5S2. The number of phenols is 1. The molecular weight excluding hydrogens is 288 g/mol. The van der Waals surface area contributed by atoms with Gasteiger partial charge in [-0.3, -0.25) is 0 Å². The van der Waals surface area contributed by atoms with Gasteiger partial charge in [-0.2, -0.15) is 0 Å². The Morgan fingerprint density at radius 1 is 1.26 bits per heavy atom. The van der Waals surface area contributed by atoms with Crippen molar-refractivity contribution in [1.82, 2.24) is 0 Å². The molecule has 2 rings (SSSR count). The van der Waals surface area contributed by atoms with E-state index in [9.17, 15) is 21.9 Å². The predicted molar refractivity (Wildman–Crippen MR) is 72.2 cm³/mol. The summed E-state index contributed by atoms with van der Waals surface area (Å²) in [6.45, 7) is 3.02. The molecule has 0 bridgehead atoms. The zero-order valence-corrected chi connectivity index (χ0v) is 12.1. The van der Waals surface area contributed by atoms with E-state index in [1.54, 1.807) is 0 Å². The summed E-state index contributed by atoms with van der Waals surface area (Å²) >= 11 is 0. The molecule has 1 heterocycles. The quantitative estimate of drug-likeness (QED) is 0.910. The summed E-state index contributed by atoms with van der Waals surface area (Å²) in [5, 5.41) is 8.69. The molecule has 0 aromatic heterocycles. The summed E-state index contributed by atoms with van der Waals surface area (Å²) in [7, 11) is -7.25. The third-order valence-electron chi connectivity index (χ3n) is 3.01. The van der Waals surface area contributed by atoms with Crippen molar-refractivity contribution in [3.8, 4) is 5.75 Å². The largest absolute Gasteiger partial charge is 0.508 e. The molecule has 1 aliphatic heterocycles. The van der Waals surface area contributed by atoms with E-state index in [-0.39, 0.29) is 15.6 Å². The molecule has 1 aromatic rings. The Kier molecular flexibility index (Phi) is 3.22. The van der Waals surface area contributed by atoms with Crippen molar-refractivity contribution < 1.29 is 21.9 Å². The smallest absolute Gasteiger partial charge is 0.204 e. The number of sulfone groups is 2. The van der Waals surface area contributed by atoms with Crippen molar-refractivity contribution in [2.24, 2.45) is 0 Å². The van der Waals surface area contributed by atoms with Crippen molar-refractivity contribution >= 4 is 25.8 Å². The third-order valence-corrected chi connectivity index (χ3v) is 7.24. The van der Waals surface area contributed by atoms with Crippen LogP contribution in [0.3, 0.4) is 0 Å². The van der Waals surface area contributed by atoms with Crippen LogP contribution in [-0.2, 0) is 19.7 Å². The Hall–Kier alpha value is -1.34. The van der Waals surface area contributed by atoms with Crippen molar-refractivity contribution in [3.63, 3.8) is 0 Å². The van der Waals surface area contributed by atoms with Gasteiger partial charge in [-0.1, -0.05) is 0 Å². The molecule has 104 valence electrons. The van der Waals surface area contributed by atoms with E-state index in [1.807, 2.05) is 0 Å². The van der Waals surface area contributed by atoms with Gasteiger partial charge in [-0.05, 0) is 43.7 Å². The van der Waals surface area contributed by atoms with Crippen LogP contribution in [0.4, 0.5) is 0 Å². The maximum Gasteiger partial charge on any atom is 0.204 e. The van der Waals surface area contributed by atoms with Gasteiger partial charge in [0.1, 0.15) is 5.75 Å². The lowest BCUT2D eigenvalue weighted by atomic mass is 10.2. The second kappa shape index (κ2) is 4.35.